The van der Waals surface area contributed by atoms with Crippen molar-refractivity contribution in [2.75, 3.05) is 5.75 Å². The molecule has 120 valence electrons. The molecule has 1 aliphatic rings. The summed E-state index contributed by atoms with van der Waals surface area (Å²) in [5.74, 6) is 0.0518. The molecule has 0 aliphatic carbocycles. The molecule has 1 aliphatic heterocycles. The third kappa shape index (κ3) is 2.46. The number of aryl methyl sites for hydroxylation is 2. The second-order valence-electron chi connectivity index (χ2n) is 5.57. The zero-order valence-corrected chi connectivity index (χ0v) is 14.2. The highest BCUT2D eigenvalue weighted by Gasteiger charge is 2.28. The van der Waals surface area contributed by atoms with Gasteiger partial charge in [0.25, 0.3) is 0 Å². The van der Waals surface area contributed by atoms with Gasteiger partial charge in [-0.2, -0.15) is 0 Å². The number of hydrogen-bond acceptors (Lipinski definition) is 3. The van der Waals surface area contributed by atoms with E-state index in [1.54, 1.807) is 29.5 Å². The molecule has 0 spiro atoms. The third-order valence-corrected chi connectivity index (χ3v) is 5.69. The number of aromatic nitrogens is 3. The van der Waals surface area contributed by atoms with Crippen molar-refractivity contribution in [3.63, 3.8) is 0 Å². The number of allylic oxidation sites excluding steroid dienone is 2. The maximum Gasteiger partial charge on any atom is 0.474 e. The van der Waals surface area contributed by atoms with Crippen LogP contribution in [0.2, 0.25) is 0 Å². The van der Waals surface area contributed by atoms with E-state index in [-0.39, 0.29) is 10.7 Å². The Morgan fingerprint density at radius 2 is 2.09 bits per heavy atom. The Bertz CT molecular complexity index is 1080. The summed E-state index contributed by atoms with van der Waals surface area (Å²) in [5.41, 5.74) is 4.08. The molecule has 0 fully saturated rings. The summed E-state index contributed by atoms with van der Waals surface area (Å²) in [6.07, 6.45) is 6.97. The molecule has 3 heterocycles. The summed E-state index contributed by atoms with van der Waals surface area (Å²) in [7, 11) is -1.45. The van der Waals surface area contributed by atoms with E-state index in [4.69, 9.17) is 0 Å². The Balaban J connectivity index is 2.43. The van der Waals surface area contributed by atoms with Crippen LogP contribution in [-0.2, 0) is 16.9 Å². The average molecular weight is 332 g/mol. The van der Waals surface area contributed by atoms with Gasteiger partial charge in [-0.3, -0.25) is 4.98 Å². The summed E-state index contributed by atoms with van der Waals surface area (Å²) in [6, 6.07) is 2.01. The zero-order valence-electron chi connectivity index (χ0n) is 13.4. The molecular weight excluding hydrogens is 312 g/mol. The van der Waals surface area contributed by atoms with Crippen LogP contribution in [0.15, 0.2) is 35.5 Å². The number of pyridine rings is 1. The first-order valence-electron chi connectivity index (χ1n) is 7.34. The Hall–Kier alpha value is -2.41. The Morgan fingerprint density at radius 3 is 2.78 bits per heavy atom. The molecule has 3 rings (SSSR count). The number of nitrogens with one attached hydrogen (secondary N) is 2. The number of sulfone groups is 1. The minimum Gasteiger partial charge on any atom is -0.354 e. The molecule has 0 radical (unpaired) electrons. The highest BCUT2D eigenvalue weighted by molar-refractivity contribution is 7.95. The predicted octanol–water partition coefficient (Wildman–Crippen LogP) is -0.228. The third-order valence-electron chi connectivity index (χ3n) is 3.92. The van der Waals surface area contributed by atoms with Crippen molar-refractivity contribution < 1.29 is 17.2 Å². The van der Waals surface area contributed by atoms with Crippen molar-refractivity contribution in [3.8, 4) is 0 Å². The summed E-state index contributed by atoms with van der Waals surface area (Å²) >= 11 is 0. The molecule has 0 atom stereocenters. The average Bonchev–Trinajstić information content (AvgIpc) is 2.84. The van der Waals surface area contributed by atoms with Gasteiger partial charge in [0.05, 0.1) is 10.7 Å². The van der Waals surface area contributed by atoms with Gasteiger partial charge < -0.3 is 5.32 Å². The van der Waals surface area contributed by atoms with Crippen molar-refractivity contribution in [3.05, 3.63) is 53.3 Å². The first kappa shape index (κ1) is 15.5. The standard InChI is InChI=1S/C16H20N4O2S/c1-5-23(21,22)13-7-6-8-17-14(13)15-18-12-9-11(2)10-19(3)16(12)20(15)4/h6-10,17-18H,3,5H2,1-2,4H3/q+2. The molecule has 7 heteroatoms. The van der Waals surface area contributed by atoms with Crippen LogP contribution in [-0.4, -0.2) is 19.2 Å². The number of dihydropyridines is 1. The van der Waals surface area contributed by atoms with E-state index in [2.05, 4.69) is 17.0 Å². The van der Waals surface area contributed by atoms with Crippen LogP contribution in [0.25, 0.3) is 16.9 Å². The molecule has 2 aromatic rings. The van der Waals surface area contributed by atoms with Gasteiger partial charge in [-0.05, 0) is 25.1 Å². The van der Waals surface area contributed by atoms with Gasteiger partial charge >= 0.3 is 11.1 Å². The largest absolute Gasteiger partial charge is 0.474 e. The summed E-state index contributed by atoms with van der Waals surface area (Å²) in [4.78, 5) is 3.59. The summed E-state index contributed by atoms with van der Waals surface area (Å²) < 4.78 is 28.4. The van der Waals surface area contributed by atoms with Crippen LogP contribution < -0.4 is 19.6 Å². The predicted molar refractivity (Wildman–Crippen MR) is 88.0 cm³/mol. The Kier molecular flexibility index (Phi) is 3.60. The molecule has 23 heavy (non-hydrogen) atoms. The normalized spacial score (nSPS) is 17.3. The molecule has 0 bridgehead atoms. The quantitative estimate of drug-likeness (QED) is 0.747. The maximum atomic E-state index is 12.4. The molecule has 0 unspecified atom stereocenters. The van der Waals surface area contributed by atoms with Crippen LogP contribution in [0.1, 0.15) is 12.5 Å². The van der Waals surface area contributed by atoms with Crippen molar-refractivity contribution in [1.82, 2.24) is 10.3 Å². The van der Waals surface area contributed by atoms with Gasteiger partial charge in [-0.25, -0.2) is 8.42 Å². The highest BCUT2D eigenvalue weighted by Crippen LogP contribution is 2.18. The summed E-state index contributed by atoms with van der Waals surface area (Å²) in [6.45, 7) is 7.64. The van der Waals surface area contributed by atoms with Gasteiger partial charge in [0.2, 0.25) is 0 Å². The molecule has 0 aromatic carbocycles. The number of H-pyrrole nitrogens is 1. The number of aromatic amines is 1. The lowest BCUT2D eigenvalue weighted by Gasteiger charge is -2.12. The minimum atomic E-state index is -3.34. The first-order valence-corrected chi connectivity index (χ1v) is 8.99. The topological polar surface area (TPSA) is 71.7 Å². The van der Waals surface area contributed by atoms with E-state index in [0.717, 1.165) is 16.7 Å². The zero-order chi connectivity index (χ0) is 16.8. The van der Waals surface area contributed by atoms with Crippen molar-refractivity contribution in [2.24, 2.45) is 7.05 Å². The molecule has 2 N–H and O–H groups in total. The van der Waals surface area contributed by atoms with Crippen molar-refractivity contribution >= 4 is 26.7 Å². The van der Waals surface area contributed by atoms with Gasteiger partial charge in [0.1, 0.15) is 19.5 Å². The fraction of sp³-hybridized carbons (Fsp3) is 0.250. The molecular formula is C16H20N4O2S+2. The van der Waals surface area contributed by atoms with Crippen LogP contribution in [0, 0.1) is 13.6 Å². The highest BCUT2D eigenvalue weighted by atomic mass is 32.2. The fourth-order valence-corrected chi connectivity index (χ4v) is 3.89. The minimum absolute atomic E-state index is 0.0518. The van der Waals surface area contributed by atoms with E-state index < -0.39 is 9.84 Å². The second-order valence-corrected chi connectivity index (χ2v) is 7.82. The number of imidazole rings is 1. The van der Waals surface area contributed by atoms with E-state index in [0.29, 0.717) is 11.2 Å². The number of hydrogen-bond donors (Lipinski definition) is 2. The van der Waals surface area contributed by atoms with Crippen LogP contribution in [0.5, 0.6) is 0 Å². The maximum absolute atomic E-state index is 12.4. The van der Waals surface area contributed by atoms with Gasteiger partial charge in [-0.15, -0.1) is 8.81 Å². The van der Waals surface area contributed by atoms with E-state index in [1.807, 2.05) is 30.8 Å². The SMILES string of the molecule is C=[n+]1cc(C)cc2[nH]c(=C3NC=CC=C3S(=O)(=O)CC)[n+](C)c21. The van der Waals surface area contributed by atoms with E-state index in [1.165, 1.54) is 0 Å². The Morgan fingerprint density at radius 1 is 1.35 bits per heavy atom. The number of nitrogens with zero attached hydrogens (tertiary/aromatic N) is 2. The molecule has 2 aromatic heterocycles. The van der Waals surface area contributed by atoms with Crippen molar-refractivity contribution in [1.29, 1.82) is 0 Å². The lowest BCUT2D eigenvalue weighted by molar-refractivity contribution is -0.709. The lowest BCUT2D eigenvalue weighted by atomic mass is 10.3. The summed E-state index contributed by atoms with van der Waals surface area (Å²) in [5, 5.41) is 3.07. The van der Waals surface area contributed by atoms with Gasteiger partial charge in [-0.1, -0.05) is 6.92 Å². The Labute approximate surface area is 134 Å². The van der Waals surface area contributed by atoms with E-state index >= 15 is 0 Å². The second kappa shape index (κ2) is 5.34. The monoisotopic (exact) mass is 332 g/mol. The van der Waals surface area contributed by atoms with Crippen LogP contribution in [0.3, 0.4) is 0 Å². The lowest BCUT2D eigenvalue weighted by Crippen LogP contribution is -2.51. The molecule has 0 amide bonds. The van der Waals surface area contributed by atoms with Gasteiger partial charge in [0.15, 0.2) is 21.6 Å². The molecule has 0 saturated carbocycles. The molecule has 0 saturated heterocycles. The van der Waals surface area contributed by atoms with E-state index in [9.17, 15) is 8.42 Å². The fourth-order valence-electron chi connectivity index (χ4n) is 2.83. The molecule has 6 nitrogen and oxygen atoms in total. The van der Waals surface area contributed by atoms with Gasteiger partial charge in [0, 0.05) is 11.8 Å². The van der Waals surface area contributed by atoms with Crippen LogP contribution in [0.4, 0.5) is 0 Å². The van der Waals surface area contributed by atoms with Crippen LogP contribution >= 0.6 is 0 Å². The van der Waals surface area contributed by atoms with Crippen molar-refractivity contribution in [2.45, 2.75) is 13.8 Å². The smallest absolute Gasteiger partial charge is 0.354 e. The first-order chi connectivity index (χ1) is 10.8. The number of fused-ring (bicyclic) bond motifs is 1. The number of rotatable bonds is 2.